The highest BCUT2D eigenvalue weighted by Crippen LogP contribution is 2.21. The van der Waals surface area contributed by atoms with Crippen molar-refractivity contribution in [2.45, 2.75) is 44.7 Å². The molecule has 2 amide bonds. The third-order valence-electron chi connectivity index (χ3n) is 4.37. The predicted molar refractivity (Wildman–Crippen MR) is 117 cm³/mol. The Hall–Kier alpha value is -1.98. The number of amides is 2. The van der Waals surface area contributed by atoms with E-state index < -0.39 is 6.04 Å². The molecule has 1 unspecified atom stereocenters. The smallest absolute Gasteiger partial charge is 0.242 e. The highest BCUT2D eigenvalue weighted by molar-refractivity contribution is 7.99. The van der Waals surface area contributed by atoms with Gasteiger partial charge in [-0.3, -0.25) is 9.59 Å². The van der Waals surface area contributed by atoms with Gasteiger partial charge in [-0.25, -0.2) is 0 Å². The molecule has 4 nitrogen and oxygen atoms in total. The molecule has 0 fully saturated rings. The summed E-state index contributed by atoms with van der Waals surface area (Å²) in [6.07, 6.45) is 0.364. The van der Waals surface area contributed by atoms with Gasteiger partial charge < -0.3 is 10.2 Å². The lowest BCUT2D eigenvalue weighted by atomic mass is 10.1. The molecule has 0 bridgehead atoms. The minimum Gasteiger partial charge on any atom is -0.355 e. The third-order valence-corrected chi connectivity index (χ3v) is 5.61. The lowest BCUT2D eigenvalue weighted by Crippen LogP contribution is -2.47. The highest BCUT2D eigenvalue weighted by Gasteiger charge is 2.25. The van der Waals surface area contributed by atoms with Gasteiger partial charge >= 0.3 is 0 Å². The van der Waals surface area contributed by atoms with Gasteiger partial charge in [0.25, 0.3) is 0 Å². The Kier molecular flexibility index (Phi) is 8.87. The van der Waals surface area contributed by atoms with Crippen LogP contribution in [0, 0.1) is 6.92 Å². The van der Waals surface area contributed by atoms with E-state index in [1.54, 1.807) is 29.7 Å². The molecule has 2 aromatic carbocycles. The van der Waals surface area contributed by atoms with Gasteiger partial charge in [0.2, 0.25) is 11.8 Å². The van der Waals surface area contributed by atoms with Crippen molar-refractivity contribution in [2.24, 2.45) is 0 Å². The second-order valence-electron chi connectivity index (χ2n) is 6.63. The van der Waals surface area contributed by atoms with Crippen molar-refractivity contribution in [3.63, 3.8) is 0 Å². The van der Waals surface area contributed by atoms with Crippen LogP contribution in [0.2, 0.25) is 5.02 Å². The number of likely N-dealkylation sites (N-methyl/N-ethyl adjacent to an activating group) is 1. The Bertz CT molecular complexity index is 795. The van der Waals surface area contributed by atoms with E-state index in [0.29, 0.717) is 30.3 Å². The first kappa shape index (κ1) is 22.3. The van der Waals surface area contributed by atoms with Crippen molar-refractivity contribution in [3.05, 3.63) is 64.7 Å². The van der Waals surface area contributed by atoms with Crippen LogP contribution in [-0.2, 0) is 16.1 Å². The van der Waals surface area contributed by atoms with Crippen LogP contribution in [0.4, 0.5) is 0 Å². The number of rotatable bonds is 9. The van der Waals surface area contributed by atoms with Crippen LogP contribution in [0.25, 0.3) is 0 Å². The lowest BCUT2D eigenvalue weighted by molar-refractivity contribution is -0.140. The molecule has 0 radical (unpaired) electrons. The average Bonchev–Trinajstić information content (AvgIpc) is 2.67. The highest BCUT2D eigenvalue weighted by atomic mass is 35.5. The summed E-state index contributed by atoms with van der Waals surface area (Å²) in [5.41, 5.74) is 2.12. The van der Waals surface area contributed by atoms with E-state index in [4.69, 9.17) is 11.6 Å². The fourth-order valence-corrected chi connectivity index (χ4v) is 3.82. The minimum atomic E-state index is -0.546. The number of benzene rings is 2. The van der Waals surface area contributed by atoms with Crippen LogP contribution >= 0.6 is 23.4 Å². The molecule has 2 aromatic rings. The number of nitrogens with zero attached hydrogens (tertiary/aromatic N) is 1. The van der Waals surface area contributed by atoms with E-state index in [0.717, 1.165) is 10.5 Å². The van der Waals surface area contributed by atoms with Gasteiger partial charge in [-0.15, -0.1) is 11.8 Å². The SMILES string of the molecule is CCNC(=O)C(C)N(Cc1cccc(Cl)c1)C(=O)CCSc1ccc(C)cc1. The van der Waals surface area contributed by atoms with E-state index in [1.165, 1.54) is 5.56 Å². The van der Waals surface area contributed by atoms with Crippen molar-refractivity contribution in [1.82, 2.24) is 10.2 Å². The maximum atomic E-state index is 12.9. The Morgan fingerprint density at radius 2 is 1.89 bits per heavy atom. The summed E-state index contributed by atoms with van der Waals surface area (Å²) in [7, 11) is 0. The maximum absolute atomic E-state index is 12.9. The van der Waals surface area contributed by atoms with E-state index >= 15 is 0 Å². The summed E-state index contributed by atoms with van der Waals surface area (Å²) in [6.45, 7) is 6.57. The molecule has 0 aliphatic rings. The van der Waals surface area contributed by atoms with Crippen molar-refractivity contribution in [2.75, 3.05) is 12.3 Å². The molecule has 0 aromatic heterocycles. The molecule has 2 rings (SSSR count). The molecule has 150 valence electrons. The molecule has 1 atom stereocenters. The first-order chi connectivity index (χ1) is 13.4. The Morgan fingerprint density at radius 1 is 1.18 bits per heavy atom. The number of carbonyl (C=O) groups is 2. The van der Waals surface area contributed by atoms with Crippen LogP contribution in [0.15, 0.2) is 53.4 Å². The molecule has 0 saturated heterocycles. The first-order valence-corrected chi connectivity index (χ1v) is 10.8. The molecule has 0 spiro atoms. The fourth-order valence-electron chi connectivity index (χ4n) is 2.77. The Labute approximate surface area is 176 Å². The van der Waals surface area contributed by atoms with E-state index in [2.05, 4.69) is 36.5 Å². The monoisotopic (exact) mass is 418 g/mol. The average molecular weight is 419 g/mol. The van der Waals surface area contributed by atoms with Crippen LogP contribution in [0.1, 0.15) is 31.4 Å². The summed E-state index contributed by atoms with van der Waals surface area (Å²) < 4.78 is 0. The topological polar surface area (TPSA) is 49.4 Å². The zero-order chi connectivity index (χ0) is 20.5. The minimum absolute atomic E-state index is 0.0432. The van der Waals surface area contributed by atoms with Crippen LogP contribution in [0.5, 0.6) is 0 Å². The third kappa shape index (κ3) is 6.88. The zero-order valence-electron chi connectivity index (χ0n) is 16.6. The van der Waals surface area contributed by atoms with Crippen molar-refractivity contribution >= 4 is 35.2 Å². The molecular weight excluding hydrogens is 392 g/mol. The summed E-state index contributed by atoms with van der Waals surface area (Å²) in [5.74, 6) is 0.471. The summed E-state index contributed by atoms with van der Waals surface area (Å²) in [5, 5.41) is 3.42. The maximum Gasteiger partial charge on any atom is 0.242 e. The van der Waals surface area contributed by atoms with Gasteiger partial charge in [0.05, 0.1) is 0 Å². The first-order valence-electron chi connectivity index (χ1n) is 9.41. The second-order valence-corrected chi connectivity index (χ2v) is 8.24. The molecule has 0 aliphatic carbocycles. The predicted octanol–water partition coefficient (Wildman–Crippen LogP) is 4.68. The fraction of sp³-hybridized carbons (Fsp3) is 0.364. The molecular formula is C22H27ClN2O2S. The zero-order valence-corrected chi connectivity index (χ0v) is 18.1. The molecule has 1 N–H and O–H groups in total. The molecule has 0 saturated carbocycles. The Morgan fingerprint density at radius 3 is 2.54 bits per heavy atom. The number of nitrogens with one attached hydrogen (secondary N) is 1. The number of hydrogen-bond donors (Lipinski definition) is 1. The summed E-state index contributed by atoms with van der Waals surface area (Å²) in [4.78, 5) is 28.0. The van der Waals surface area contributed by atoms with E-state index in [-0.39, 0.29) is 11.8 Å². The second kappa shape index (κ2) is 11.1. The largest absolute Gasteiger partial charge is 0.355 e. The van der Waals surface area contributed by atoms with Gasteiger partial charge in [0.1, 0.15) is 6.04 Å². The number of halogens is 1. The van der Waals surface area contributed by atoms with Gasteiger partial charge in [-0.1, -0.05) is 41.4 Å². The molecule has 28 heavy (non-hydrogen) atoms. The normalized spacial score (nSPS) is 11.7. The van der Waals surface area contributed by atoms with Gasteiger partial charge in [-0.2, -0.15) is 0 Å². The number of thioether (sulfide) groups is 1. The standard InChI is InChI=1S/C22H27ClN2O2S/c1-4-24-22(27)17(3)25(15-18-6-5-7-19(23)14-18)21(26)12-13-28-20-10-8-16(2)9-11-20/h5-11,14,17H,4,12-13,15H2,1-3H3,(H,24,27). The van der Waals surface area contributed by atoms with E-state index in [1.807, 2.05) is 25.1 Å². The van der Waals surface area contributed by atoms with Crippen LogP contribution in [0.3, 0.4) is 0 Å². The van der Waals surface area contributed by atoms with Crippen LogP contribution < -0.4 is 5.32 Å². The quantitative estimate of drug-likeness (QED) is 0.601. The number of hydrogen-bond acceptors (Lipinski definition) is 3. The lowest BCUT2D eigenvalue weighted by Gasteiger charge is -2.28. The van der Waals surface area contributed by atoms with Gasteiger partial charge in [0.15, 0.2) is 0 Å². The van der Waals surface area contributed by atoms with Crippen LogP contribution in [-0.4, -0.2) is 35.1 Å². The molecule has 0 aliphatic heterocycles. The van der Waals surface area contributed by atoms with Gasteiger partial charge in [0, 0.05) is 35.2 Å². The van der Waals surface area contributed by atoms with Crippen molar-refractivity contribution in [3.8, 4) is 0 Å². The van der Waals surface area contributed by atoms with E-state index in [9.17, 15) is 9.59 Å². The van der Waals surface area contributed by atoms with Crippen molar-refractivity contribution in [1.29, 1.82) is 0 Å². The molecule has 6 heteroatoms. The number of aryl methyl sites for hydroxylation is 1. The number of carbonyl (C=O) groups excluding carboxylic acids is 2. The molecule has 0 heterocycles. The van der Waals surface area contributed by atoms with Crippen molar-refractivity contribution < 1.29 is 9.59 Å². The summed E-state index contributed by atoms with van der Waals surface area (Å²) >= 11 is 7.72. The Balaban J connectivity index is 2.04. The summed E-state index contributed by atoms with van der Waals surface area (Å²) in [6, 6.07) is 15.1. The van der Waals surface area contributed by atoms with Gasteiger partial charge in [-0.05, 0) is 50.6 Å².